The highest BCUT2D eigenvalue weighted by molar-refractivity contribution is 5.76. The van der Waals surface area contributed by atoms with Gasteiger partial charge in [0.05, 0.1) is 26.5 Å². The van der Waals surface area contributed by atoms with E-state index in [9.17, 15) is 9.59 Å². The van der Waals surface area contributed by atoms with Crippen LogP contribution >= 0.6 is 0 Å². The van der Waals surface area contributed by atoms with E-state index in [1.807, 2.05) is 6.07 Å². The number of hydrogen-bond donors (Lipinski definition) is 0. The van der Waals surface area contributed by atoms with Gasteiger partial charge in [0, 0.05) is 5.56 Å². The molecule has 0 aliphatic rings. The van der Waals surface area contributed by atoms with E-state index in [1.54, 1.807) is 24.3 Å². The fraction of sp³-hybridized carbons (Fsp3) is 0.235. The summed E-state index contributed by atoms with van der Waals surface area (Å²) in [6.45, 7) is 1.29. The van der Waals surface area contributed by atoms with E-state index >= 15 is 0 Å². The van der Waals surface area contributed by atoms with Crippen molar-refractivity contribution in [3.8, 4) is 28.8 Å². The van der Waals surface area contributed by atoms with E-state index in [4.69, 9.17) is 14.7 Å². The Bertz CT molecular complexity index is 847. The number of methoxy groups -OCH3 is 2. The third kappa shape index (κ3) is 3.24. The van der Waals surface area contributed by atoms with Crippen LogP contribution in [0.1, 0.15) is 12.5 Å². The standard InChI is InChI=1S/C17H16N2O4/c1-11(20)10-19-14(6-4-13(9-18)17(19)21)12-5-7-15(22-2)16(8-12)23-3/h4-8H,10H2,1-3H3. The Morgan fingerprint density at radius 3 is 2.43 bits per heavy atom. The first-order valence-electron chi connectivity index (χ1n) is 6.87. The Kier molecular flexibility index (Phi) is 4.82. The fourth-order valence-electron chi connectivity index (χ4n) is 2.29. The Labute approximate surface area is 133 Å². The predicted molar refractivity (Wildman–Crippen MR) is 84.6 cm³/mol. The molecule has 0 saturated heterocycles. The summed E-state index contributed by atoms with van der Waals surface area (Å²) >= 11 is 0. The fourth-order valence-corrected chi connectivity index (χ4v) is 2.29. The highest BCUT2D eigenvalue weighted by atomic mass is 16.5. The zero-order valence-corrected chi connectivity index (χ0v) is 13.1. The van der Waals surface area contributed by atoms with Gasteiger partial charge in [0.15, 0.2) is 11.5 Å². The lowest BCUT2D eigenvalue weighted by atomic mass is 10.1. The van der Waals surface area contributed by atoms with Gasteiger partial charge in [-0.3, -0.25) is 14.2 Å². The SMILES string of the molecule is COc1ccc(-c2ccc(C#N)c(=O)n2CC(C)=O)cc1OC. The quantitative estimate of drug-likeness (QED) is 0.843. The van der Waals surface area contributed by atoms with Gasteiger partial charge < -0.3 is 9.47 Å². The minimum Gasteiger partial charge on any atom is -0.493 e. The Morgan fingerprint density at radius 2 is 1.87 bits per heavy atom. The van der Waals surface area contributed by atoms with E-state index in [0.717, 1.165) is 0 Å². The average Bonchev–Trinajstić information content (AvgIpc) is 2.55. The number of ketones is 1. The van der Waals surface area contributed by atoms with Crippen molar-refractivity contribution in [1.82, 2.24) is 4.57 Å². The summed E-state index contributed by atoms with van der Waals surface area (Å²) in [5, 5.41) is 9.00. The second-order valence-corrected chi connectivity index (χ2v) is 4.91. The summed E-state index contributed by atoms with van der Waals surface area (Å²) in [4.78, 5) is 23.8. The molecule has 0 radical (unpaired) electrons. The van der Waals surface area contributed by atoms with Gasteiger partial charge in [0.1, 0.15) is 17.4 Å². The van der Waals surface area contributed by atoms with E-state index in [2.05, 4.69) is 0 Å². The van der Waals surface area contributed by atoms with Crippen LogP contribution in [-0.4, -0.2) is 24.6 Å². The third-order valence-electron chi connectivity index (χ3n) is 3.35. The second kappa shape index (κ2) is 6.79. The molecule has 0 spiro atoms. The predicted octanol–water partition coefficient (Wildman–Crippen LogP) is 1.99. The van der Waals surface area contributed by atoms with Gasteiger partial charge in [-0.05, 0) is 37.3 Å². The number of Topliss-reactive ketones (excluding diaryl/α,β-unsaturated/α-hetero) is 1. The summed E-state index contributed by atoms with van der Waals surface area (Å²) in [6, 6.07) is 10.1. The number of carbonyl (C=O) groups excluding carboxylic acids is 1. The molecule has 0 unspecified atom stereocenters. The van der Waals surface area contributed by atoms with Crippen molar-refractivity contribution < 1.29 is 14.3 Å². The summed E-state index contributed by atoms with van der Waals surface area (Å²) in [7, 11) is 3.05. The number of nitriles is 1. The number of nitrogens with zero attached hydrogens (tertiary/aromatic N) is 2. The molecule has 1 aromatic heterocycles. The number of rotatable bonds is 5. The van der Waals surface area contributed by atoms with Crippen LogP contribution in [0.5, 0.6) is 11.5 Å². The van der Waals surface area contributed by atoms with Crippen LogP contribution in [0, 0.1) is 11.3 Å². The Hall–Kier alpha value is -3.07. The van der Waals surface area contributed by atoms with Crippen molar-refractivity contribution in [2.24, 2.45) is 0 Å². The van der Waals surface area contributed by atoms with Crippen LogP contribution in [0.3, 0.4) is 0 Å². The van der Waals surface area contributed by atoms with Crippen LogP contribution in [0.4, 0.5) is 0 Å². The van der Waals surface area contributed by atoms with E-state index in [-0.39, 0.29) is 17.9 Å². The Morgan fingerprint density at radius 1 is 1.17 bits per heavy atom. The molecular weight excluding hydrogens is 296 g/mol. The molecular formula is C17H16N2O4. The van der Waals surface area contributed by atoms with Crippen molar-refractivity contribution in [3.05, 3.63) is 46.2 Å². The second-order valence-electron chi connectivity index (χ2n) is 4.91. The molecule has 2 aromatic rings. The van der Waals surface area contributed by atoms with Crippen molar-refractivity contribution >= 4 is 5.78 Å². The molecule has 0 aliphatic heterocycles. The number of benzene rings is 1. The smallest absolute Gasteiger partial charge is 0.269 e. The molecule has 0 amide bonds. The molecule has 2 rings (SSSR count). The number of ether oxygens (including phenoxy) is 2. The molecule has 23 heavy (non-hydrogen) atoms. The van der Waals surface area contributed by atoms with Gasteiger partial charge in [-0.25, -0.2) is 0 Å². The van der Waals surface area contributed by atoms with E-state index in [1.165, 1.54) is 31.8 Å². The summed E-state index contributed by atoms with van der Waals surface area (Å²) in [5.41, 5.74) is 0.723. The molecule has 6 heteroatoms. The summed E-state index contributed by atoms with van der Waals surface area (Å²) < 4.78 is 11.7. The molecule has 0 bridgehead atoms. The van der Waals surface area contributed by atoms with Gasteiger partial charge in [0.2, 0.25) is 0 Å². The number of aromatic nitrogens is 1. The highest BCUT2D eigenvalue weighted by Gasteiger charge is 2.14. The largest absolute Gasteiger partial charge is 0.493 e. The minimum atomic E-state index is -0.491. The average molecular weight is 312 g/mol. The van der Waals surface area contributed by atoms with Crippen molar-refractivity contribution in [2.45, 2.75) is 13.5 Å². The lowest BCUT2D eigenvalue weighted by molar-refractivity contribution is -0.117. The van der Waals surface area contributed by atoms with Crippen LogP contribution in [0.15, 0.2) is 35.1 Å². The molecule has 0 atom stereocenters. The van der Waals surface area contributed by atoms with E-state index in [0.29, 0.717) is 22.8 Å². The summed E-state index contributed by atoms with van der Waals surface area (Å²) in [6.07, 6.45) is 0. The number of hydrogen-bond acceptors (Lipinski definition) is 5. The zero-order chi connectivity index (χ0) is 17.0. The molecule has 6 nitrogen and oxygen atoms in total. The van der Waals surface area contributed by atoms with Crippen molar-refractivity contribution in [1.29, 1.82) is 5.26 Å². The maximum Gasteiger partial charge on any atom is 0.269 e. The van der Waals surface area contributed by atoms with Gasteiger partial charge >= 0.3 is 0 Å². The molecule has 118 valence electrons. The zero-order valence-electron chi connectivity index (χ0n) is 13.1. The van der Waals surface area contributed by atoms with Crippen molar-refractivity contribution in [2.75, 3.05) is 14.2 Å². The maximum atomic E-state index is 12.3. The van der Waals surface area contributed by atoms with Crippen LogP contribution in [-0.2, 0) is 11.3 Å². The summed E-state index contributed by atoms with van der Waals surface area (Å²) in [5.74, 6) is 0.894. The molecule has 0 fully saturated rings. The molecule has 1 heterocycles. The normalized spacial score (nSPS) is 10.0. The first-order chi connectivity index (χ1) is 11.0. The van der Waals surface area contributed by atoms with E-state index < -0.39 is 5.56 Å². The molecule has 0 N–H and O–H groups in total. The molecule has 0 aliphatic carbocycles. The van der Waals surface area contributed by atoms with Crippen LogP contribution in [0.2, 0.25) is 0 Å². The lowest BCUT2D eigenvalue weighted by Crippen LogP contribution is -2.26. The van der Waals surface area contributed by atoms with Crippen molar-refractivity contribution in [3.63, 3.8) is 0 Å². The topological polar surface area (TPSA) is 81.3 Å². The minimum absolute atomic E-state index is 0.00419. The monoisotopic (exact) mass is 312 g/mol. The van der Waals surface area contributed by atoms with Gasteiger partial charge in [0.25, 0.3) is 5.56 Å². The van der Waals surface area contributed by atoms with Crippen LogP contribution in [0.25, 0.3) is 11.3 Å². The number of pyridine rings is 1. The Balaban J connectivity index is 2.68. The number of carbonyl (C=O) groups is 1. The van der Waals surface area contributed by atoms with Gasteiger partial charge in [-0.15, -0.1) is 0 Å². The lowest BCUT2D eigenvalue weighted by Gasteiger charge is -2.14. The first-order valence-corrected chi connectivity index (χ1v) is 6.87. The third-order valence-corrected chi connectivity index (χ3v) is 3.35. The molecule has 1 aromatic carbocycles. The van der Waals surface area contributed by atoms with Gasteiger partial charge in [-0.1, -0.05) is 0 Å². The van der Waals surface area contributed by atoms with Gasteiger partial charge in [-0.2, -0.15) is 5.26 Å². The molecule has 0 saturated carbocycles. The highest BCUT2D eigenvalue weighted by Crippen LogP contribution is 2.32. The maximum absolute atomic E-state index is 12.3. The first kappa shape index (κ1) is 16.3. The van der Waals surface area contributed by atoms with Crippen LogP contribution < -0.4 is 15.0 Å².